The Hall–Kier alpha value is -1.56. The van der Waals surface area contributed by atoms with Crippen molar-refractivity contribution < 1.29 is 14.3 Å². The average molecular weight is 355 g/mol. The second kappa shape index (κ2) is 6.93. The van der Waals surface area contributed by atoms with E-state index in [9.17, 15) is 9.59 Å². The summed E-state index contributed by atoms with van der Waals surface area (Å²) in [6.07, 6.45) is 2.60. The van der Waals surface area contributed by atoms with Crippen LogP contribution >= 0.6 is 15.9 Å². The Morgan fingerprint density at radius 3 is 2.76 bits per heavy atom. The lowest BCUT2D eigenvalue weighted by atomic mass is 10.00. The van der Waals surface area contributed by atoms with Gasteiger partial charge < -0.3 is 15.0 Å². The fourth-order valence-electron chi connectivity index (χ4n) is 2.58. The summed E-state index contributed by atoms with van der Waals surface area (Å²) in [5.74, 6) is 0.454. The molecular weight excluding hydrogens is 336 g/mol. The first-order valence-corrected chi connectivity index (χ1v) is 7.74. The summed E-state index contributed by atoms with van der Waals surface area (Å²) >= 11 is 3.38. The molecule has 1 aliphatic rings. The Kier molecular flexibility index (Phi) is 5.22. The highest BCUT2D eigenvalue weighted by molar-refractivity contribution is 9.10. The van der Waals surface area contributed by atoms with Gasteiger partial charge in [0.05, 0.1) is 11.6 Å². The van der Waals surface area contributed by atoms with E-state index in [4.69, 9.17) is 4.74 Å². The van der Waals surface area contributed by atoms with Crippen LogP contribution in [0.4, 0.5) is 0 Å². The minimum absolute atomic E-state index is 0.101. The van der Waals surface area contributed by atoms with Crippen molar-refractivity contribution >= 4 is 27.7 Å². The molecular formula is C15H19BrN2O3. The second-order valence-corrected chi connectivity index (χ2v) is 5.83. The molecule has 1 aromatic carbocycles. The molecule has 114 valence electrons. The molecule has 1 aliphatic heterocycles. The van der Waals surface area contributed by atoms with Crippen LogP contribution in [0.5, 0.6) is 5.75 Å². The minimum atomic E-state index is -0.378. The first-order valence-electron chi connectivity index (χ1n) is 6.94. The topological polar surface area (TPSA) is 58.6 Å². The summed E-state index contributed by atoms with van der Waals surface area (Å²) < 4.78 is 5.89. The Labute approximate surface area is 132 Å². The van der Waals surface area contributed by atoms with E-state index < -0.39 is 0 Å². The van der Waals surface area contributed by atoms with Crippen LogP contribution in [0.1, 0.15) is 29.6 Å². The second-order valence-electron chi connectivity index (χ2n) is 4.97. The number of ether oxygens (including phenoxy) is 1. The van der Waals surface area contributed by atoms with Crippen LogP contribution in [0.3, 0.4) is 0 Å². The molecule has 2 amide bonds. The van der Waals surface area contributed by atoms with E-state index >= 15 is 0 Å². The van der Waals surface area contributed by atoms with Crippen molar-refractivity contribution in [1.82, 2.24) is 10.2 Å². The van der Waals surface area contributed by atoms with Crippen LogP contribution in [0.25, 0.3) is 0 Å². The van der Waals surface area contributed by atoms with Gasteiger partial charge in [-0.05, 0) is 53.4 Å². The highest BCUT2D eigenvalue weighted by atomic mass is 79.9. The van der Waals surface area contributed by atoms with Crippen LogP contribution < -0.4 is 10.1 Å². The van der Waals surface area contributed by atoms with Gasteiger partial charge in [-0.25, -0.2) is 0 Å². The van der Waals surface area contributed by atoms with Crippen LogP contribution in [0.2, 0.25) is 0 Å². The Balaban J connectivity index is 2.24. The molecule has 0 aromatic heterocycles. The van der Waals surface area contributed by atoms with Crippen LogP contribution in [0, 0.1) is 0 Å². The van der Waals surface area contributed by atoms with Gasteiger partial charge in [-0.3, -0.25) is 9.59 Å². The zero-order valence-electron chi connectivity index (χ0n) is 12.2. The molecule has 0 radical (unpaired) electrons. The van der Waals surface area contributed by atoms with E-state index in [2.05, 4.69) is 21.2 Å². The minimum Gasteiger partial charge on any atom is -0.496 e. The number of hydrogen-bond donors (Lipinski definition) is 1. The number of halogens is 1. The molecule has 21 heavy (non-hydrogen) atoms. The van der Waals surface area contributed by atoms with Gasteiger partial charge >= 0.3 is 0 Å². The Bertz CT molecular complexity index is 548. The number of nitrogens with zero attached hydrogens (tertiary/aromatic N) is 1. The maximum Gasteiger partial charge on any atom is 0.254 e. The van der Waals surface area contributed by atoms with Gasteiger partial charge in [-0.2, -0.15) is 0 Å². The average Bonchev–Trinajstić information content (AvgIpc) is 2.53. The maximum atomic E-state index is 12.7. The zero-order valence-corrected chi connectivity index (χ0v) is 13.8. The summed E-state index contributed by atoms with van der Waals surface area (Å²) in [5.41, 5.74) is 0.554. The van der Waals surface area contributed by atoms with Crippen molar-refractivity contribution in [3.8, 4) is 5.75 Å². The molecule has 5 nitrogen and oxygen atoms in total. The van der Waals surface area contributed by atoms with Gasteiger partial charge in [0.1, 0.15) is 11.8 Å². The summed E-state index contributed by atoms with van der Waals surface area (Å²) in [4.78, 5) is 26.3. The number of hydrogen-bond acceptors (Lipinski definition) is 3. The first kappa shape index (κ1) is 15.8. The molecule has 0 saturated carbocycles. The van der Waals surface area contributed by atoms with E-state index in [1.807, 2.05) is 0 Å². The molecule has 6 heteroatoms. The van der Waals surface area contributed by atoms with Gasteiger partial charge in [0.25, 0.3) is 5.91 Å². The molecule has 0 spiro atoms. The van der Waals surface area contributed by atoms with Crippen molar-refractivity contribution in [2.75, 3.05) is 20.7 Å². The number of rotatable bonds is 3. The Morgan fingerprint density at radius 1 is 1.38 bits per heavy atom. The van der Waals surface area contributed by atoms with Crippen molar-refractivity contribution in [2.45, 2.75) is 25.3 Å². The van der Waals surface area contributed by atoms with Gasteiger partial charge in [-0.1, -0.05) is 0 Å². The number of likely N-dealkylation sites (tertiary alicyclic amines) is 1. The molecule has 0 aliphatic carbocycles. The van der Waals surface area contributed by atoms with E-state index in [1.165, 1.54) is 0 Å². The summed E-state index contributed by atoms with van der Waals surface area (Å²) in [6, 6.07) is 4.83. The lowest BCUT2D eigenvalue weighted by Gasteiger charge is -2.34. The Morgan fingerprint density at radius 2 is 2.14 bits per heavy atom. The van der Waals surface area contributed by atoms with E-state index in [-0.39, 0.29) is 17.9 Å². The third-order valence-corrected chi connectivity index (χ3v) is 4.33. The van der Waals surface area contributed by atoms with Crippen LogP contribution in [-0.2, 0) is 4.79 Å². The van der Waals surface area contributed by atoms with Crippen molar-refractivity contribution in [3.05, 3.63) is 28.2 Å². The number of carbonyl (C=O) groups is 2. The highest BCUT2D eigenvalue weighted by Crippen LogP contribution is 2.27. The first-order chi connectivity index (χ1) is 10.1. The van der Waals surface area contributed by atoms with E-state index in [1.54, 1.807) is 37.3 Å². The summed E-state index contributed by atoms with van der Waals surface area (Å²) in [6.45, 7) is 0.612. The zero-order chi connectivity index (χ0) is 15.4. The highest BCUT2D eigenvalue weighted by Gasteiger charge is 2.32. The number of nitrogens with one attached hydrogen (secondary N) is 1. The fraction of sp³-hybridized carbons (Fsp3) is 0.467. The van der Waals surface area contributed by atoms with Gasteiger partial charge in [0.2, 0.25) is 5.91 Å². The molecule has 1 saturated heterocycles. The van der Waals surface area contributed by atoms with Crippen molar-refractivity contribution in [2.24, 2.45) is 0 Å². The van der Waals surface area contributed by atoms with Crippen molar-refractivity contribution in [1.29, 1.82) is 0 Å². The molecule has 1 unspecified atom stereocenters. The summed E-state index contributed by atoms with van der Waals surface area (Å²) in [7, 11) is 3.18. The van der Waals surface area contributed by atoms with Gasteiger partial charge in [0, 0.05) is 19.2 Å². The molecule has 1 fully saturated rings. The molecule has 1 heterocycles. The number of benzene rings is 1. The van der Waals surface area contributed by atoms with Crippen molar-refractivity contribution in [3.63, 3.8) is 0 Å². The largest absolute Gasteiger partial charge is 0.496 e. The molecule has 1 atom stereocenters. The third-order valence-electron chi connectivity index (χ3n) is 3.71. The summed E-state index contributed by atoms with van der Waals surface area (Å²) in [5, 5.41) is 2.64. The van der Waals surface area contributed by atoms with E-state index in [0.29, 0.717) is 24.3 Å². The monoisotopic (exact) mass is 354 g/mol. The molecule has 2 rings (SSSR count). The lowest BCUT2D eigenvalue weighted by Crippen LogP contribution is -2.51. The number of methoxy groups -OCH3 is 1. The van der Waals surface area contributed by atoms with Gasteiger partial charge in [0.15, 0.2) is 0 Å². The van der Waals surface area contributed by atoms with Gasteiger partial charge in [-0.15, -0.1) is 0 Å². The molecule has 1 aromatic rings. The fourth-order valence-corrected chi connectivity index (χ4v) is 3.12. The number of likely N-dealkylation sites (N-methyl/N-ethyl adjacent to an activating group) is 1. The molecule has 1 N–H and O–H groups in total. The predicted molar refractivity (Wildman–Crippen MR) is 83.4 cm³/mol. The van der Waals surface area contributed by atoms with E-state index in [0.717, 1.165) is 17.3 Å². The smallest absolute Gasteiger partial charge is 0.254 e. The maximum absolute atomic E-state index is 12.7. The number of amides is 2. The normalized spacial score (nSPS) is 18.2. The lowest BCUT2D eigenvalue weighted by molar-refractivity contribution is -0.126. The number of carbonyl (C=O) groups excluding carboxylic acids is 2. The molecule has 0 bridgehead atoms. The number of piperidine rings is 1. The standard InChI is InChI=1S/C15H19BrN2O3/c1-17-14(19)12-5-3-4-8-18(12)15(20)10-6-7-13(21-2)11(16)9-10/h6-7,9,12H,3-5,8H2,1-2H3,(H,17,19). The van der Waals surface area contributed by atoms with Crippen LogP contribution in [-0.4, -0.2) is 43.5 Å². The predicted octanol–water partition coefficient (Wildman–Crippen LogP) is 2.20. The quantitative estimate of drug-likeness (QED) is 0.904. The SMILES string of the molecule is CNC(=O)C1CCCCN1C(=O)c1ccc(OC)c(Br)c1. The van der Waals surface area contributed by atoms with Crippen LogP contribution in [0.15, 0.2) is 22.7 Å². The third kappa shape index (κ3) is 3.37.